The van der Waals surface area contributed by atoms with Crippen molar-refractivity contribution in [2.24, 2.45) is 0 Å². The molecule has 1 aliphatic heterocycles. The molecule has 1 aliphatic rings. The Kier molecular flexibility index (Phi) is 2.62. The minimum absolute atomic E-state index is 0.480. The van der Waals surface area contributed by atoms with E-state index in [4.69, 9.17) is 10.00 Å². The van der Waals surface area contributed by atoms with E-state index in [2.05, 4.69) is 24.2 Å². The molecule has 3 rings (SSSR count). The molecule has 0 N–H and O–H groups in total. The van der Waals surface area contributed by atoms with Gasteiger partial charge in [0.05, 0.1) is 24.6 Å². The topological polar surface area (TPSA) is 50.8 Å². The van der Waals surface area contributed by atoms with Crippen LogP contribution in [0.2, 0.25) is 0 Å². The predicted molar refractivity (Wildman–Crippen MR) is 66.4 cm³/mol. The first-order valence-electron chi connectivity index (χ1n) is 5.96. The monoisotopic (exact) mass is 239 g/mol. The molecule has 18 heavy (non-hydrogen) atoms. The molecular weight excluding hydrogens is 226 g/mol. The standard InChI is InChI=1S/C14H13N3O/c1-10-4-2-3-5-13(10)17-14-6-7-18-9-11(14)12(8-15)16-17/h2-5H,6-7,9H2,1H3. The number of nitrogens with zero attached hydrogens (tertiary/aromatic N) is 3. The van der Waals surface area contributed by atoms with Crippen molar-refractivity contribution in [2.75, 3.05) is 6.61 Å². The maximum atomic E-state index is 9.14. The van der Waals surface area contributed by atoms with E-state index in [1.807, 2.05) is 22.9 Å². The van der Waals surface area contributed by atoms with Gasteiger partial charge in [-0.2, -0.15) is 10.4 Å². The minimum atomic E-state index is 0.480. The summed E-state index contributed by atoms with van der Waals surface area (Å²) in [5.41, 5.74) is 4.71. The van der Waals surface area contributed by atoms with E-state index >= 15 is 0 Å². The highest BCUT2D eigenvalue weighted by molar-refractivity contribution is 5.45. The van der Waals surface area contributed by atoms with Gasteiger partial charge in [0.2, 0.25) is 0 Å². The van der Waals surface area contributed by atoms with Gasteiger partial charge in [0.1, 0.15) is 6.07 Å². The fourth-order valence-corrected chi connectivity index (χ4v) is 2.33. The molecule has 0 bridgehead atoms. The van der Waals surface area contributed by atoms with Crippen LogP contribution < -0.4 is 0 Å². The fourth-order valence-electron chi connectivity index (χ4n) is 2.33. The predicted octanol–water partition coefficient (Wildman–Crippen LogP) is 2.13. The lowest BCUT2D eigenvalue weighted by Gasteiger charge is -2.15. The van der Waals surface area contributed by atoms with Crippen LogP contribution in [-0.2, 0) is 17.8 Å². The van der Waals surface area contributed by atoms with Gasteiger partial charge in [-0.1, -0.05) is 18.2 Å². The molecule has 90 valence electrons. The molecule has 0 unspecified atom stereocenters. The van der Waals surface area contributed by atoms with Crippen LogP contribution in [0, 0.1) is 18.3 Å². The summed E-state index contributed by atoms with van der Waals surface area (Å²) in [6.07, 6.45) is 0.804. The van der Waals surface area contributed by atoms with Crippen molar-refractivity contribution in [3.63, 3.8) is 0 Å². The first-order chi connectivity index (χ1) is 8.81. The summed E-state index contributed by atoms with van der Waals surface area (Å²) in [5.74, 6) is 0. The maximum Gasteiger partial charge on any atom is 0.168 e. The van der Waals surface area contributed by atoms with E-state index in [9.17, 15) is 0 Å². The smallest absolute Gasteiger partial charge is 0.168 e. The zero-order valence-electron chi connectivity index (χ0n) is 10.2. The zero-order valence-corrected chi connectivity index (χ0v) is 10.2. The molecule has 0 radical (unpaired) electrons. The second-order valence-electron chi connectivity index (χ2n) is 4.39. The summed E-state index contributed by atoms with van der Waals surface area (Å²) in [4.78, 5) is 0. The normalized spacial score (nSPS) is 14.0. The molecule has 0 saturated carbocycles. The van der Waals surface area contributed by atoms with Crippen LogP contribution in [-0.4, -0.2) is 16.4 Å². The summed E-state index contributed by atoms with van der Waals surface area (Å²) in [6, 6.07) is 10.2. The van der Waals surface area contributed by atoms with E-state index in [1.165, 1.54) is 0 Å². The number of ether oxygens (including phenoxy) is 1. The Morgan fingerprint density at radius 3 is 3.00 bits per heavy atom. The van der Waals surface area contributed by atoms with Crippen LogP contribution in [0.3, 0.4) is 0 Å². The van der Waals surface area contributed by atoms with Gasteiger partial charge >= 0.3 is 0 Å². The Hall–Kier alpha value is -2.12. The number of hydrogen-bond acceptors (Lipinski definition) is 3. The largest absolute Gasteiger partial charge is 0.376 e. The average molecular weight is 239 g/mol. The Balaban J connectivity index is 2.22. The van der Waals surface area contributed by atoms with Gasteiger partial charge < -0.3 is 4.74 Å². The third-order valence-electron chi connectivity index (χ3n) is 3.27. The van der Waals surface area contributed by atoms with Gasteiger partial charge in [-0.25, -0.2) is 4.68 Å². The third-order valence-corrected chi connectivity index (χ3v) is 3.27. The second kappa shape index (κ2) is 4.28. The lowest BCUT2D eigenvalue weighted by atomic mass is 10.1. The van der Waals surface area contributed by atoms with Gasteiger partial charge in [-0.3, -0.25) is 0 Å². The van der Waals surface area contributed by atoms with Crippen LogP contribution in [0.5, 0.6) is 0 Å². The van der Waals surface area contributed by atoms with Crippen molar-refractivity contribution < 1.29 is 4.74 Å². The highest BCUT2D eigenvalue weighted by atomic mass is 16.5. The fraction of sp³-hybridized carbons (Fsp3) is 0.286. The van der Waals surface area contributed by atoms with Crippen molar-refractivity contribution in [1.82, 2.24) is 9.78 Å². The Bertz CT molecular complexity index is 637. The van der Waals surface area contributed by atoms with Gasteiger partial charge in [0, 0.05) is 12.0 Å². The van der Waals surface area contributed by atoms with E-state index in [0.717, 1.165) is 28.9 Å². The summed E-state index contributed by atoms with van der Waals surface area (Å²) in [7, 11) is 0. The van der Waals surface area contributed by atoms with E-state index in [1.54, 1.807) is 0 Å². The molecule has 0 fully saturated rings. The van der Waals surface area contributed by atoms with E-state index in [0.29, 0.717) is 18.9 Å². The molecule has 0 spiro atoms. The van der Waals surface area contributed by atoms with E-state index in [-0.39, 0.29) is 0 Å². The Labute approximate surface area is 105 Å². The number of nitriles is 1. The van der Waals surface area contributed by atoms with Gasteiger partial charge in [0.25, 0.3) is 0 Å². The number of aromatic nitrogens is 2. The molecule has 1 aromatic carbocycles. The van der Waals surface area contributed by atoms with Gasteiger partial charge in [-0.05, 0) is 18.6 Å². The Morgan fingerprint density at radius 1 is 1.39 bits per heavy atom. The number of benzene rings is 1. The number of para-hydroxylation sites is 1. The molecule has 2 aromatic rings. The summed E-state index contributed by atoms with van der Waals surface area (Å²) in [5, 5.41) is 13.6. The third kappa shape index (κ3) is 1.60. The molecule has 0 atom stereocenters. The van der Waals surface area contributed by atoms with Crippen LogP contribution in [0.15, 0.2) is 24.3 Å². The van der Waals surface area contributed by atoms with Crippen LogP contribution in [0.25, 0.3) is 5.69 Å². The van der Waals surface area contributed by atoms with Crippen LogP contribution in [0.1, 0.15) is 22.5 Å². The second-order valence-corrected chi connectivity index (χ2v) is 4.39. The van der Waals surface area contributed by atoms with Crippen molar-refractivity contribution >= 4 is 0 Å². The van der Waals surface area contributed by atoms with Crippen molar-refractivity contribution in [3.05, 3.63) is 46.8 Å². The number of fused-ring (bicyclic) bond motifs is 1. The van der Waals surface area contributed by atoms with Crippen molar-refractivity contribution in [1.29, 1.82) is 5.26 Å². The molecule has 2 heterocycles. The molecule has 4 nitrogen and oxygen atoms in total. The van der Waals surface area contributed by atoms with Crippen LogP contribution >= 0.6 is 0 Å². The number of aryl methyl sites for hydroxylation is 1. The lowest BCUT2D eigenvalue weighted by molar-refractivity contribution is 0.109. The highest BCUT2D eigenvalue weighted by Gasteiger charge is 2.22. The maximum absolute atomic E-state index is 9.14. The summed E-state index contributed by atoms with van der Waals surface area (Å²) >= 11 is 0. The SMILES string of the molecule is Cc1ccccc1-n1nc(C#N)c2c1CCOC2. The Morgan fingerprint density at radius 2 is 2.22 bits per heavy atom. The first kappa shape index (κ1) is 11.0. The lowest BCUT2D eigenvalue weighted by Crippen LogP contribution is -2.13. The molecule has 0 aliphatic carbocycles. The van der Waals surface area contributed by atoms with Crippen molar-refractivity contribution in [3.8, 4) is 11.8 Å². The summed E-state index contributed by atoms with van der Waals surface area (Å²) < 4.78 is 7.31. The molecule has 0 saturated heterocycles. The highest BCUT2D eigenvalue weighted by Crippen LogP contribution is 2.24. The minimum Gasteiger partial charge on any atom is -0.376 e. The number of hydrogen-bond donors (Lipinski definition) is 0. The molecular formula is C14H13N3O. The average Bonchev–Trinajstić information content (AvgIpc) is 2.78. The van der Waals surface area contributed by atoms with Crippen LogP contribution in [0.4, 0.5) is 0 Å². The quantitative estimate of drug-likeness (QED) is 0.766. The van der Waals surface area contributed by atoms with E-state index < -0.39 is 0 Å². The molecule has 1 aromatic heterocycles. The summed E-state index contributed by atoms with van der Waals surface area (Å²) in [6.45, 7) is 3.23. The van der Waals surface area contributed by atoms with Gasteiger partial charge in [0.15, 0.2) is 5.69 Å². The van der Waals surface area contributed by atoms with Gasteiger partial charge in [-0.15, -0.1) is 0 Å². The van der Waals surface area contributed by atoms with Crippen molar-refractivity contribution in [2.45, 2.75) is 20.0 Å². The zero-order chi connectivity index (χ0) is 12.5. The molecule has 4 heteroatoms. The number of rotatable bonds is 1. The first-order valence-corrected chi connectivity index (χ1v) is 5.96. The molecule has 0 amide bonds.